The zero-order chi connectivity index (χ0) is 27.5. The van der Waals surface area contributed by atoms with Crippen molar-refractivity contribution in [2.24, 2.45) is 0 Å². The Hall–Kier alpha value is -5.31. The maximum absolute atomic E-state index is 13.9. The highest BCUT2D eigenvalue weighted by Crippen LogP contribution is 2.42. The lowest BCUT2D eigenvalue weighted by atomic mass is 9.90. The zero-order valence-electron chi connectivity index (χ0n) is 21.1. The summed E-state index contributed by atoms with van der Waals surface area (Å²) in [7, 11) is 0. The first-order chi connectivity index (χ1) is 19.6. The molecule has 1 N–H and O–H groups in total. The predicted molar refractivity (Wildman–Crippen MR) is 148 cm³/mol. The molecule has 0 atom stereocenters. The lowest BCUT2D eigenvalue weighted by Crippen LogP contribution is -2.27. The average molecular weight is 533 g/mol. The van der Waals surface area contributed by atoms with Crippen molar-refractivity contribution in [1.82, 2.24) is 30.0 Å². The Morgan fingerprint density at radius 1 is 0.775 bits per heavy atom. The van der Waals surface area contributed by atoms with Crippen LogP contribution >= 0.6 is 0 Å². The van der Waals surface area contributed by atoms with Gasteiger partial charge < -0.3 is 5.32 Å². The van der Waals surface area contributed by atoms with E-state index in [1.807, 2.05) is 18.3 Å². The number of carbonyl (C=O) groups excluding carboxylic acids is 1. The molecule has 9 heteroatoms. The molecule has 0 bridgehead atoms. The van der Waals surface area contributed by atoms with Gasteiger partial charge in [-0.1, -0.05) is 12.1 Å². The molecule has 1 amide bonds. The lowest BCUT2D eigenvalue weighted by Gasteiger charge is -2.16. The second-order valence-electron chi connectivity index (χ2n) is 9.09. The minimum atomic E-state index is -0.355. The summed E-state index contributed by atoms with van der Waals surface area (Å²) in [5.41, 5.74) is 5.46. The number of nitrogens with one attached hydrogen (secondary N) is 1. The fourth-order valence-corrected chi connectivity index (χ4v) is 4.62. The van der Waals surface area contributed by atoms with Crippen LogP contribution in [0.25, 0.3) is 44.5 Å². The summed E-state index contributed by atoms with van der Waals surface area (Å²) in [5, 5.41) is 8.34. The van der Waals surface area contributed by atoms with Crippen molar-refractivity contribution in [3.8, 4) is 33.5 Å². The van der Waals surface area contributed by atoms with E-state index in [0.717, 1.165) is 27.6 Å². The van der Waals surface area contributed by atoms with E-state index in [0.29, 0.717) is 35.6 Å². The molecule has 0 aliphatic heterocycles. The van der Waals surface area contributed by atoms with E-state index in [-0.39, 0.29) is 17.5 Å². The van der Waals surface area contributed by atoms with Crippen molar-refractivity contribution >= 4 is 16.9 Å². The molecule has 7 nitrogen and oxygen atoms in total. The molecule has 0 saturated carbocycles. The highest BCUT2D eigenvalue weighted by Gasteiger charge is 2.22. The first kappa shape index (κ1) is 25.0. The van der Waals surface area contributed by atoms with Gasteiger partial charge in [0.05, 0.1) is 17.8 Å². The molecule has 2 aromatic carbocycles. The third-order valence-corrected chi connectivity index (χ3v) is 6.49. The molecular formula is C31H22F2N6O. The Morgan fingerprint density at radius 3 is 2.12 bits per heavy atom. The van der Waals surface area contributed by atoms with Crippen LogP contribution in [0.5, 0.6) is 0 Å². The standard InChI is InChI=1S/C31H22F2N6O/c32-24-7-3-20(4-8-24)27-26-19-39(17-16-36-31(40)23-2-1-13-35-18-23)38-30(26)37-29(22-5-9-25(33)10-6-22)28(27)21-11-14-34-15-12-21/h1-15,18-19H,16-17H2,(H,36,40). The molecule has 0 unspecified atom stereocenters. The maximum atomic E-state index is 13.9. The normalized spacial score (nSPS) is 11.1. The van der Waals surface area contributed by atoms with Gasteiger partial charge in [0.2, 0.25) is 0 Å². The second-order valence-corrected chi connectivity index (χ2v) is 9.09. The van der Waals surface area contributed by atoms with Crippen LogP contribution in [0.15, 0.2) is 104 Å². The summed E-state index contributed by atoms with van der Waals surface area (Å²) in [5.74, 6) is -0.932. The number of amides is 1. The van der Waals surface area contributed by atoms with Crippen molar-refractivity contribution in [3.05, 3.63) is 121 Å². The van der Waals surface area contributed by atoms with Gasteiger partial charge in [0.15, 0.2) is 5.65 Å². The van der Waals surface area contributed by atoms with Gasteiger partial charge in [-0.15, -0.1) is 0 Å². The van der Waals surface area contributed by atoms with Crippen molar-refractivity contribution in [2.75, 3.05) is 6.54 Å². The van der Waals surface area contributed by atoms with E-state index < -0.39 is 0 Å². The number of benzene rings is 2. The molecule has 0 saturated heterocycles. The third-order valence-electron chi connectivity index (χ3n) is 6.49. The van der Waals surface area contributed by atoms with E-state index in [1.54, 1.807) is 59.7 Å². The molecule has 6 aromatic rings. The summed E-state index contributed by atoms with van der Waals surface area (Å²) >= 11 is 0. The van der Waals surface area contributed by atoms with Crippen LogP contribution in [0.1, 0.15) is 10.4 Å². The van der Waals surface area contributed by atoms with Crippen LogP contribution in [-0.4, -0.2) is 37.2 Å². The van der Waals surface area contributed by atoms with Gasteiger partial charge in [-0.25, -0.2) is 13.8 Å². The van der Waals surface area contributed by atoms with Crippen molar-refractivity contribution in [2.45, 2.75) is 6.54 Å². The molecule has 0 spiro atoms. The van der Waals surface area contributed by atoms with Crippen LogP contribution in [0, 0.1) is 11.6 Å². The molecule has 0 aliphatic rings. The molecule has 4 aromatic heterocycles. The summed E-state index contributed by atoms with van der Waals surface area (Å²) in [6.07, 6.45) is 8.37. The summed E-state index contributed by atoms with van der Waals surface area (Å²) in [6, 6.07) is 19.5. The monoisotopic (exact) mass is 532 g/mol. The number of carbonyl (C=O) groups is 1. The number of hydrogen-bond donors (Lipinski definition) is 1. The van der Waals surface area contributed by atoms with Gasteiger partial charge in [-0.2, -0.15) is 5.10 Å². The number of rotatable bonds is 7. The number of pyridine rings is 3. The molecular weight excluding hydrogens is 510 g/mol. The number of halogens is 2. The van der Waals surface area contributed by atoms with E-state index >= 15 is 0 Å². The van der Waals surface area contributed by atoms with Crippen molar-refractivity contribution < 1.29 is 13.6 Å². The Morgan fingerprint density at radius 2 is 1.45 bits per heavy atom. The van der Waals surface area contributed by atoms with E-state index in [1.165, 1.54) is 30.5 Å². The minimum absolute atomic E-state index is 0.228. The molecule has 40 heavy (non-hydrogen) atoms. The Bertz CT molecular complexity index is 1790. The van der Waals surface area contributed by atoms with Gasteiger partial charge in [0, 0.05) is 59.6 Å². The molecule has 196 valence electrons. The first-order valence-electron chi connectivity index (χ1n) is 12.6. The van der Waals surface area contributed by atoms with Gasteiger partial charge in [0.25, 0.3) is 5.91 Å². The van der Waals surface area contributed by atoms with Gasteiger partial charge in [-0.3, -0.25) is 19.4 Å². The number of aromatic nitrogens is 5. The third kappa shape index (κ3) is 5.04. The fourth-order valence-electron chi connectivity index (χ4n) is 4.62. The van der Waals surface area contributed by atoms with Crippen LogP contribution < -0.4 is 5.32 Å². The van der Waals surface area contributed by atoms with Gasteiger partial charge in [-0.05, 0) is 71.8 Å². The van der Waals surface area contributed by atoms with Crippen LogP contribution in [0.2, 0.25) is 0 Å². The average Bonchev–Trinajstić information content (AvgIpc) is 3.40. The lowest BCUT2D eigenvalue weighted by molar-refractivity contribution is 0.0951. The maximum Gasteiger partial charge on any atom is 0.252 e. The first-order valence-corrected chi connectivity index (χ1v) is 12.6. The van der Waals surface area contributed by atoms with Crippen LogP contribution in [-0.2, 0) is 6.54 Å². The Balaban J connectivity index is 1.48. The molecule has 0 radical (unpaired) electrons. The number of nitrogens with zero attached hydrogens (tertiary/aromatic N) is 5. The molecule has 4 heterocycles. The minimum Gasteiger partial charge on any atom is -0.350 e. The summed E-state index contributed by atoms with van der Waals surface area (Å²) < 4.78 is 29.5. The van der Waals surface area contributed by atoms with E-state index in [9.17, 15) is 13.6 Å². The number of fused-ring (bicyclic) bond motifs is 1. The van der Waals surface area contributed by atoms with Crippen molar-refractivity contribution in [3.63, 3.8) is 0 Å². The quantitative estimate of drug-likeness (QED) is 0.275. The van der Waals surface area contributed by atoms with E-state index in [4.69, 9.17) is 10.1 Å². The largest absolute Gasteiger partial charge is 0.350 e. The van der Waals surface area contributed by atoms with Gasteiger partial charge in [0.1, 0.15) is 11.6 Å². The highest BCUT2D eigenvalue weighted by atomic mass is 19.1. The molecule has 0 aliphatic carbocycles. The summed E-state index contributed by atoms with van der Waals surface area (Å²) in [6.45, 7) is 0.720. The Kier molecular flexibility index (Phi) is 6.76. The van der Waals surface area contributed by atoms with Crippen LogP contribution in [0.3, 0.4) is 0 Å². The topological polar surface area (TPSA) is 85.6 Å². The SMILES string of the molecule is O=C(NCCn1cc2c(-c3ccc(F)cc3)c(-c3ccncc3)c(-c3ccc(F)cc3)nc2n1)c1cccnc1. The van der Waals surface area contributed by atoms with Gasteiger partial charge >= 0.3 is 0 Å². The number of hydrogen-bond acceptors (Lipinski definition) is 5. The fraction of sp³-hybridized carbons (Fsp3) is 0.0645. The zero-order valence-corrected chi connectivity index (χ0v) is 21.1. The molecule has 6 rings (SSSR count). The van der Waals surface area contributed by atoms with Crippen LogP contribution in [0.4, 0.5) is 8.78 Å². The highest BCUT2D eigenvalue weighted by molar-refractivity contribution is 6.05. The van der Waals surface area contributed by atoms with E-state index in [2.05, 4.69) is 15.3 Å². The summed E-state index contributed by atoms with van der Waals surface area (Å²) in [4.78, 5) is 25.5. The smallest absolute Gasteiger partial charge is 0.252 e. The Labute approximate surface area is 228 Å². The predicted octanol–water partition coefficient (Wildman–Crippen LogP) is 5.93. The van der Waals surface area contributed by atoms with Crippen molar-refractivity contribution in [1.29, 1.82) is 0 Å². The molecule has 0 fully saturated rings. The second kappa shape index (κ2) is 10.8.